The predicted octanol–water partition coefficient (Wildman–Crippen LogP) is 5.16. The average Bonchev–Trinajstić information content (AvgIpc) is 3.25. The van der Waals surface area contributed by atoms with Crippen LogP contribution in [0.1, 0.15) is 36.6 Å². The minimum atomic E-state index is 0.597. The first-order valence-electron chi connectivity index (χ1n) is 12.5. The van der Waals surface area contributed by atoms with Crippen LogP contribution in [0.5, 0.6) is 0 Å². The minimum absolute atomic E-state index is 0.597. The molecule has 0 saturated carbocycles. The Hall–Kier alpha value is -3.71. The molecule has 0 bridgehead atoms. The fourth-order valence-electron chi connectivity index (χ4n) is 4.12. The summed E-state index contributed by atoms with van der Waals surface area (Å²) in [5, 5.41) is 8.11. The van der Waals surface area contributed by atoms with Gasteiger partial charge < -0.3 is 15.1 Å². The van der Waals surface area contributed by atoms with Crippen molar-refractivity contribution in [2.45, 2.75) is 26.3 Å². The number of nitrogens with one attached hydrogen (secondary N) is 1. The number of benzene rings is 1. The van der Waals surface area contributed by atoms with Crippen LogP contribution in [-0.2, 0) is 6.54 Å². The van der Waals surface area contributed by atoms with E-state index in [0.29, 0.717) is 6.54 Å². The van der Waals surface area contributed by atoms with Gasteiger partial charge in [0.15, 0.2) is 0 Å². The number of allylic oxidation sites excluding steroid dienone is 3. The maximum atomic E-state index is 4.93. The molecular formula is C29H37N7. The SMILES string of the molecule is CC(=NCc1ccc(NCCN(C)C)nc1)/C1=C/CCC=Cc2c1cnn2-c1ccc(N(C)C)cc1. The second kappa shape index (κ2) is 11.8. The summed E-state index contributed by atoms with van der Waals surface area (Å²) >= 11 is 0. The van der Waals surface area contributed by atoms with Crippen molar-refractivity contribution < 1.29 is 0 Å². The van der Waals surface area contributed by atoms with Gasteiger partial charge in [-0.1, -0.05) is 18.2 Å². The number of hydrogen-bond acceptors (Lipinski definition) is 6. The zero-order chi connectivity index (χ0) is 25.5. The molecule has 36 heavy (non-hydrogen) atoms. The molecule has 4 rings (SSSR count). The summed E-state index contributed by atoms with van der Waals surface area (Å²) in [7, 11) is 8.23. The number of aromatic nitrogens is 3. The van der Waals surface area contributed by atoms with E-state index in [9.17, 15) is 0 Å². The normalized spacial score (nSPS) is 15.2. The van der Waals surface area contributed by atoms with Gasteiger partial charge in [0.25, 0.3) is 0 Å². The van der Waals surface area contributed by atoms with E-state index in [4.69, 9.17) is 10.1 Å². The molecule has 1 aliphatic carbocycles. The predicted molar refractivity (Wildman–Crippen MR) is 152 cm³/mol. The number of hydrogen-bond donors (Lipinski definition) is 1. The minimum Gasteiger partial charge on any atom is -0.378 e. The first kappa shape index (κ1) is 25.4. The summed E-state index contributed by atoms with van der Waals surface area (Å²) in [5.41, 5.74) is 7.68. The van der Waals surface area contributed by atoms with Crippen LogP contribution in [0, 0.1) is 0 Å². The zero-order valence-corrected chi connectivity index (χ0v) is 22.1. The molecule has 0 amide bonds. The smallest absolute Gasteiger partial charge is 0.125 e. The average molecular weight is 484 g/mol. The quantitative estimate of drug-likeness (QED) is 0.426. The van der Waals surface area contributed by atoms with Crippen LogP contribution in [0.15, 0.2) is 65.9 Å². The molecule has 0 unspecified atom stereocenters. The van der Waals surface area contributed by atoms with Crippen molar-refractivity contribution in [3.05, 3.63) is 77.8 Å². The lowest BCUT2D eigenvalue weighted by Crippen LogP contribution is -2.21. The number of rotatable bonds is 9. The highest BCUT2D eigenvalue weighted by atomic mass is 15.3. The Kier molecular flexibility index (Phi) is 8.33. The Balaban J connectivity index is 1.52. The lowest BCUT2D eigenvalue weighted by atomic mass is 9.98. The van der Waals surface area contributed by atoms with Crippen molar-refractivity contribution >= 4 is 28.9 Å². The number of anilines is 2. The third-order valence-corrected chi connectivity index (χ3v) is 6.24. The van der Waals surface area contributed by atoms with Gasteiger partial charge in [-0.2, -0.15) is 5.10 Å². The maximum absolute atomic E-state index is 4.93. The van der Waals surface area contributed by atoms with Gasteiger partial charge in [0.1, 0.15) is 5.82 Å². The summed E-state index contributed by atoms with van der Waals surface area (Å²) in [6.45, 7) is 4.53. The summed E-state index contributed by atoms with van der Waals surface area (Å²) in [5.74, 6) is 0.895. The van der Waals surface area contributed by atoms with Crippen molar-refractivity contribution in [3.63, 3.8) is 0 Å². The van der Waals surface area contributed by atoms with Crippen LogP contribution in [0.2, 0.25) is 0 Å². The molecule has 0 saturated heterocycles. The number of pyridine rings is 1. The Morgan fingerprint density at radius 1 is 1.03 bits per heavy atom. The molecule has 0 radical (unpaired) electrons. The van der Waals surface area contributed by atoms with Gasteiger partial charge in [-0.3, -0.25) is 4.99 Å². The summed E-state index contributed by atoms with van der Waals surface area (Å²) < 4.78 is 2.02. The van der Waals surface area contributed by atoms with Crippen LogP contribution in [0.25, 0.3) is 17.3 Å². The monoisotopic (exact) mass is 483 g/mol. The first-order valence-corrected chi connectivity index (χ1v) is 12.5. The molecule has 1 aliphatic rings. The number of fused-ring (bicyclic) bond motifs is 1. The topological polar surface area (TPSA) is 61.6 Å². The number of nitrogens with zero attached hydrogens (tertiary/aromatic N) is 6. The van der Waals surface area contributed by atoms with Crippen LogP contribution < -0.4 is 10.2 Å². The summed E-state index contributed by atoms with van der Waals surface area (Å²) in [4.78, 5) is 13.7. The second-order valence-electron chi connectivity index (χ2n) is 9.55. The van der Waals surface area contributed by atoms with Crippen LogP contribution in [-0.4, -0.2) is 66.7 Å². The molecule has 1 N–H and O–H groups in total. The molecule has 7 heteroatoms. The highest BCUT2D eigenvalue weighted by Gasteiger charge is 2.17. The molecular weight excluding hydrogens is 446 g/mol. The molecule has 0 spiro atoms. The highest BCUT2D eigenvalue weighted by Crippen LogP contribution is 2.28. The van der Waals surface area contributed by atoms with Gasteiger partial charge in [0.05, 0.1) is 24.1 Å². The van der Waals surface area contributed by atoms with E-state index in [2.05, 4.69) is 89.7 Å². The second-order valence-corrected chi connectivity index (χ2v) is 9.55. The van der Waals surface area contributed by atoms with Crippen LogP contribution in [0.3, 0.4) is 0 Å². The molecule has 7 nitrogen and oxygen atoms in total. The Bertz CT molecular complexity index is 1230. The molecule has 0 atom stereocenters. The van der Waals surface area contributed by atoms with Crippen LogP contribution >= 0.6 is 0 Å². The summed E-state index contributed by atoms with van der Waals surface area (Å²) in [6.07, 6.45) is 12.6. The van der Waals surface area contributed by atoms with E-state index >= 15 is 0 Å². The van der Waals surface area contributed by atoms with E-state index in [1.807, 2.05) is 37.2 Å². The van der Waals surface area contributed by atoms with Gasteiger partial charge >= 0.3 is 0 Å². The van der Waals surface area contributed by atoms with Gasteiger partial charge in [-0.05, 0) is 75.8 Å². The van der Waals surface area contributed by atoms with Crippen molar-refractivity contribution in [1.29, 1.82) is 0 Å². The largest absolute Gasteiger partial charge is 0.378 e. The number of likely N-dealkylation sites (N-methyl/N-ethyl adjacent to an activating group) is 1. The molecule has 0 aliphatic heterocycles. The third kappa shape index (κ3) is 6.29. The third-order valence-electron chi connectivity index (χ3n) is 6.24. The van der Waals surface area contributed by atoms with Crippen molar-refractivity contribution in [1.82, 2.24) is 19.7 Å². The molecule has 3 aromatic rings. The molecule has 2 aromatic heterocycles. The van der Waals surface area contributed by atoms with Crippen LogP contribution in [0.4, 0.5) is 11.5 Å². The van der Waals surface area contributed by atoms with Gasteiger partial charge in [-0.15, -0.1) is 0 Å². The van der Waals surface area contributed by atoms with Gasteiger partial charge in [0.2, 0.25) is 0 Å². The summed E-state index contributed by atoms with van der Waals surface area (Å²) in [6, 6.07) is 12.6. The first-order chi connectivity index (χ1) is 17.4. The zero-order valence-electron chi connectivity index (χ0n) is 22.1. The fourth-order valence-corrected chi connectivity index (χ4v) is 4.12. The maximum Gasteiger partial charge on any atom is 0.125 e. The van der Waals surface area contributed by atoms with Crippen molar-refractivity contribution in [3.8, 4) is 5.69 Å². The van der Waals surface area contributed by atoms with E-state index in [1.54, 1.807) is 0 Å². The van der Waals surface area contributed by atoms with Gasteiger partial charge in [-0.25, -0.2) is 9.67 Å². The van der Waals surface area contributed by atoms with Crippen molar-refractivity contribution in [2.24, 2.45) is 4.99 Å². The Morgan fingerprint density at radius 2 is 1.83 bits per heavy atom. The standard InChI is InChI=1S/C29H37N7/c1-22(31-19-23-11-16-29(32-20-23)30-17-18-34(2)3)26-9-7-6-8-10-28-27(26)21-33-36(28)25-14-12-24(13-15-25)35(4)5/h8-16,20-21H,6-7,17-19H2,1-5H3,(H,30,32)/b10-8?,26-9-,31-22?. The lowest BCUT2D eigenvalue weighted by Gasteiger charge is -2.14. The fraction of sp³-hybridized carbons (Fsp3) is 0.345. The van der Waals surface area contributed by atoms with E-state index in [1.165, 1.54) is 5.69 Å². The van der Waals surface area contributed by atoms with E-state index in [0.717, 1.165) is 65.5 Å². The Morgan fingerprint density at radius 3 is 2.53 bits per heavy atom. The Labute approximate surface area is 214 Å². The number of aliphatic imine (C=N–C) groups is 1. The van der Waals surface area contributed by atoms with Crippen molar-refractivity contribution in [2.75, 3.05) is 51.5 Å². The lowest BCUT2D eigenvalue weighted by molar-refractivity contribution is 0.425. The van der Waals surface area contributed by atoms with E-state index < -0.39 is 0 Å². The molecule has 2 heterocycles. The molecule has 1 aromatic carbocycles. The molecule has 0 fully saturated rings. The highest BCUT2D eigenvalue weighted by molar-refractivity contribution is 6.23. The van der Waals surface area contributed by atoms with Gasteiger partial charge in [0, 0.05) is 55.9 Å². The molecule has 188 valence electrons. The van der Waals surface area contributed by atoms with E-state index in [-0.39, 0.29) is 0 Å².